The van der Waals surface area contributed by atoms with Crippen molar-refractivity contribution in [2.45, 2.75) is 32.7 Å². The Balaban J connectivity index is 0.00000200. The summed E-state index contributed by atoms with van der Waals surface area (Å²) in [4.78, 5) is 14.2. The van der Waals surface area contributed by atoms with Crippen LogP contribution in [0.5, 0.6) is 0 Å². The number of nitrogens with one attached hydrogen (secondary N) is 1. The summed E-state index contributed by atoms with van der Waals surface area (Å²) >= 11 is 3.50. The molecule has 0 bridgehead atoms. The van der Waals surface area contributed by atoms with E-state index in [-0.39, 0.29) is 18.3 Å². The number of aryl methyl sites for hydroxylation is 2. The SMILES string of the molecule is Cc1cc(CCC(=O)N2CCNC[C@@H]2C)ccc1Br.Cl. The maximum Gasteiger partial charge on any atom is 0.223 e. The van der Waals surface area contributed by atoms with E-state index >= 15 is 0 Å². The molecule has 1 aromatic carbocycles. The summed E-state index contributed by atoms with van der Waals surface area (Å²) in [6.07, 6.45) is 1.43. The number of amides is 1. The summed E-state index contributed by atoms with van der Waals surface area (Å²) in [6, 6.07) is 6.61. The van der Waals surface area contributed by atoms with Gasteiger partial charge < -0.3 is 10.2 Å². The van der Waals surface area contributed by atoms with E-state index in [9.17, 15) is 4.79 Å². The molecular formula is C15H22BrClN2O. The number of nitrogens with zero attached hydrogens (tertiary/aromatic N) is 1. The Morgan fingerprint density at radius 1 is 1.50 bits per heavy atom. The summed E-state index contributed by atoms with van der Waals surface area (Å²) < 4.78 is 1.12. The third-order valence-electron chi connectivity index (χ3n) is 3.67. The fraction of sp³-hybridized carbons (Fsp3) is 0.533. The molecule has 1 aliphatic heterocycles. The third-order valence-corrected chi connectivity index (χ3v) is 4.56. The van der Waals surface area contributed by atoms with E-state index in [1.54, 1.807) is 0 Å². The van der Waals surface area contributed by atoms with Gasteiger partial charge in [-0.05, 0) is 37.5 Å². The second-order valence-electron chi connectivity index (χ2n) is 5.22. The largest absolute Gasteiger partial charge is 0.337 e. The lowest BCUT2D eigenvalue weighted by Gasteiger charge is -2.34. The van der Waals surface area contributed by atoms with Gasteiger partial charge in [0.15, 0.2) is 0 Å². The number of halogens is 2. The van der Waals surface area contributed by atoms with Crippen molar-refractivity contribution in [1.82, 2.24) is 10.2 Å². The van der Waals surface area contributed by atoms with Gasteiger partial charge in [0, 0.05) is 36.6 Å². The van der Waals surface area contributed by atoms with Crippen LogP contribution in [0.4, 0.5) is 0 Å². The normalized spacial score (nSPS) is 18.6. The van der Waals surface area contributed by atoms with Crippen molar-refractivity contribution < 1.29 is 4.79 Å². The van der Waals surface area contributed by atoms with Crippen molar-refractivity contribution in [1.29, 1.82) is 0 Å². The topological polar surface area (TPSA) is 32.3 Å². The maximum absolute atomic E-state index is 12.2. The van der Waals surface area contributed by atoms with Crippen LogP contribution in [0.15, 0.2) is 22.7 Å². The molecule has 0 aliphatic carbocycles. The molecule has 20 heavy (non-hydrogen) atoms. The van der Waals surface area contributed by atoms with Crippen LogP contribution in [0, 0.1) is 6.92 Å². The lowest BCUT2D eigenvalue weighted by atomic mass is 10.1. The predicted molar refractivity (Wildman–Crippen MR) is 88.5 cm³/mol. The standard InChI is InChI=1S/C15H21BrN2O.ClH/c1-11-9-13(3-5-14(11)16)4-6-15(19)18-8-7-17-10-12(18)2;/h3,5,9,12,17H,4,6-8,10H2,1-2H3;1H/t12-;/m0./s1. The zero-order chi connectivity index (χ0) is 13.8. The van der Waals surface area contributed by atoms with Crippen molar-refractivity contribution in [2.75, 3.05) is 19.6 Å². The van der Waals surface area contributed by atoms with Crippen molar-refractivity contribution in [3.05, 3.63) is 33.8 Å². The summed E-state index contributed by atoms with van der Waals surface area (Å²) in [5.74, 6) is 0.273. The number of rotatable bonds is 3. The Kier molecular flexibility index (Phi) is 7.00. The number of hydrogen-bond donors (Lipinski definition) is 1. The van der Waals surface area contributed by atoms with Crippen LogP contribution >= 0.6 is 28.3 Å². The fourth-order valence-electron chi connectivity index (χ4n) is 2.47. The molecule has 1 fully saturated rings. The van der Waals surface area contributed by atoms with E-state index < -0.39 is 0 Å². The Morgan fingerprint density at radius 3 is 2.90 bits per heavy atom. The minimum absolute atomic E-state index is 0. The van der Waals surface area contributed by atoms with Crippen LogP contribution < -0.4 is 5.32 Å². The summed E-state index contributed by atoms with van der Waals surface area (Å²) in [5, 5.41) is 3.31. The zero-order valence-corrected chi connectivity index (χ0v) is 14.4. The first-order valence-electron chi connectivity index (χ1n) is 6.83. The van der Waals surface area contributed by atoms with E-state index in [4.69, 9.17) is 0 Å². The average Bonchev–Trinajstić information content (AvgIpc) is 2.40. The minimum atomic E-state index is 0. The molecule has 3 nitrogen and oxygen atoms in total. The number of benzene rings is 1. The van der Waals surface area contributed by atoms with Crippen LogP contribution in [0.3, 0.4) is 0 Å². The van der Waals surface area contributed by atoms with Gasteiger partial charge in [-0.2, -0.15) is 0 Å². The quantitative estimate of drug-likeness (QED) is 0.898. The number of carbonyl (C=O) groups is 1. The first-order valence-corrected chi connectivity index (χ1v) is 7.62. The van der Waals surface area contributed by atoms with Gasteiger partial charge in [0.2, 0.25) is 5.91 Å². The molecule has 0 radical (unpaired) electrons. The highest BCUT2D eigenvalue weighted by Crippen LogP contribution is 2.18. The molecular weight excluding hydrogens is 340 g/mol. The van der Waals surface area contributed by atoms with Crippen molar-refractivity contribution in [2.24, 2.45) is 0 Å². The highest BCUT2D eigenvalue weighted by molar-refractivity contribution is 9.10. The second kappa shape index (κ2) is 8.01. The minimum Gasteiger partial charge on any atom is -0.337 e. The first-order chi connectivity index (χ1) is 9.08. The van der Waals surface area contributed by atoms with Gasteiger partial charge in [-0.25, -0.2) is 0 Å². The summed E-state index contributed by atoms with van der Waals surface area (Å²) in [6.45, 7) is 6.83. The lowest BCUT2D eigenvalue weighted by molar-refractivity contribution is -0.133. The van der Waals surface area contributed by atoms with E-state index in [1.165, 1.54) is 11.1 Å². The van der Waals surface area contributed by atoms with Gasteiger partial charge in [-0.1, -0.05) is 28.1 Å². The van der Waals surface area contributed by atoms with Gasteiger partial charge >= 0.3 is 0 Å². The van der Waals surface area contributed by atoms with Crippen molar-refractivity contribution >= 4 is 34.2 Å². The van der Waals surface area contributed by atoms with Gasteiger partial charge in [-0.15, -0.1) is 12.4 Å². The van der Waals surface area contributed by atoms with Crippen LogP contribution in [-0.4, -0.2) is 36.5 Å². The Hall–Kier alpha value is -0.580. The van der Waals surface area contributed by atoms with E-state index in [1.807, 2.05) is 4.90 Å². The van der Waals surface area contributed by atoms with Gasteiger partial charge in [0.05, 0.1) is 0 Å². The molecule has 1 heterocycles. The van der Waals surface area contributed by atoms with Crippen LogP contribution in [0.25, 0.3) is 0 Å². The predicted octanol–water partition coefficient (Wildman–Crippen LogP) is 2.93. The molecule has 1 aromatic rings. The number of carbonyl (C=O) groups excluding carboxylic acids is 1. The zero-order valence-electron chi connectivity index (χ0n) is 12.0. The van der Waals surface area contributed by atoms with E-state index in [0.717, 1.165) is 30.5 Å². The van der Waals surface area contributed by atoms with E-state index in [0.29, 0.717) is 12.5 Å². The van der Waals surface area contributed by atoms with E-state index in [2.05, 4.69) is 53.3 Å². The molecule has 1 aliphatic rings. The number of piperazine rings is 1. The van der Waals surface area contributed by atoms with Crippen LogP contribution in [0.2, 0.25) is 0 Å². The molecule has 5 heteroatoms. The smallest absolute Gasteiger partial charge is 0.223 e. The molecule has 0 unspecified atom stereocenters. The lowest BCUT2D eigenvalue weighted by Crippen LogP contribution is -2.52. The Morgan fingerprint density at radius 2 is 2.25 bits per heavy atom. The van der Waals surface area contributed by atoms with Crippen molar-refractivity contribution in [3.63, 3.8) is 0 Å². The molecule has 112 valence electrons. The van der Waals surface area contributed by atoms with Gasteiger partial charge in [0.1, 0.15) is 0 Å². The number of hydrogen-bond acceptors (Lipinski definition) is 2. The third kappa shape index (κ3) is 4.47. The molecule has 2 rings (SSSR count). The molecule has 1 saturated heterocycles. The highest BCUT2D eigenvalue weighted by Gasteiger charge is 2.22. The highest BCUT2D eigenvalue weighted by atomic mass is 79.9. The summed E-state index contributed by atoms with van der Waals surface area (Å²) in [5.41, 5.74) is 2.46. The van der Waals surface area contributed by atoms with Gasteiger partial charge in [0.25, 0.3) is 0 Å². The first kappa shape index (κ1) is 17.5. The van der Waals surface area contributed by atoms with Crippen LogP contribution in [-0.2, 0) is 11.2 Å². The van der Waals surface area contributed by atoms with Crippen molar-refractivity contribution in [3.8, 4) is 0 Å². The van der Waals surface area contributed by atoms with Gasteiger partial charge in [-0.3, -0.25) is 4.79 Å². The summed E-state index contributed by atoms with van der Waals surface area (Å²) in [7, 11) is 0. The monoisotopic (exact) mass is 360 g/mol. The fourth-order valence-corrected chi connectivity index (χ4v) is 2.72. The molecule has 0 saturated carbocycles. The second-order valence-corrected chi connectivity index (χ2v) is 6.08. The molecule has 1 atom stereocenters. The molecule has 1 amide bonds. The average molecular weight is 362 g/mol. The molecule has 0 spiro atoms. The molecule has 1 N–H and O–H groups in total. The molecule has 0 aromatic heterocycles. The maximum atomic E-state index is 12.2. The Labute approximate surface area is 135 Å². The van der Waals surface area contributed by atoms with Crippen LogP contribution in [0.1, 0.15) is 24.5 Å². The Bertz CT molecular complexity index is 467.